The molecule has 0 radical (unpaired) electrons. The lowest BCUT2D eigenvalue weighted by atomic mass is 9.79. The number of hydrogen-bond acceptors (Lipinski definition) is 1. The molecule has 12 heavy (non-hydrogen) atoms. The van der Waals surface area contributed by atoms with Crippen LogP contribution in [0.3, 0.4) is 0 Å². The van der Waals surface area contributed by atoms with Crippen LogP contribution in [0, 0.1) is 0 Å². The minimum atomic E-state index is -0.380. The summed E-state index contributed by atoms with van der Waals surface area (Å²) in [6.45, 7) is 0. The van der Waals surface area contributed by atoms with Gasteiger partial charge in [0.15, 0.2) is 0 Å². The van der Waals surface area contributed by atoms with Crippen molar-refractivity contribution in [3.05, 3.63) is 11.6 Å². The third-order valence-corrected chi connectivity index (χ3v) is 3.32. The minimum Gasteiger partial charge on any atom is -0.386 e. The maximum absolute atomic E-state index is 10.3. The van der Waals surface area contributed by atoms with E-state index in [-0.39, 0.29) is 5.60 Å². The second-order valence-corrected chi connectivity index (χ2v) is 4.21. The van der Waals surface area contributed by atoms with Crippen molar-refractivity contribution in [3.63, 3.8) is 0 Å². The summed E-state index contributed by atoms with van der Waals surface area (Å²) in [6, 6.07) is 0. The Morgan fingerprint density at radius 1 is 1.08 bits per heavy atom. The van der Waals surface area contributed by atoms with Crippen molar-refractivity contribution in [1.29, 1.82) is 0 Å². The van der Waals surface area contributed by atoms with Crippen molar-refractivity contribution < 1.29 is 5.11 Å². The summed E-state index contributed by atoms with van der Waals surface area (Å²) in [5, 5.41) is 10.3. The average molecular weight is 166 g/mol. The lowest BCUT2D eigenvalue weighted by Gasteiger charge is -2.33. The first-order valence-corrected chi connectivity index (χ1v) is 5.23. The zero-order valence-electron chi connectivity index (χ0n) is 7.68. The summed E-state index contributed by atoms with van der Waals surface area (Å²) in [7, 11) is 0. The van der Waals surface area contributed by atoms with Gasteiger partial charge in [0.05, 0.1) is 5.60 Å². The van der Waals surface area contributed by atoms with Crippen molar-refractivity contribution >= 4 is 0 Å². The largest absolute Gasteiger partial charge is 0.386 e. The van der Waals surface area contributed by atoms with Crippen LogP contribution in [-0.2, 0) is 0 Å². The van der Waals surface area contributed by atoms with Gasteiger partial charge in [0.2, 0.25) is 0 Å². The monoisotopic (exact) mass is 166 g/mol. The first-order chi connectivity index (χ1) is 5.81. The molecule has 68 valence electrons. The molecule has 0 amide bonds. The molecule has 0 bridgehead atoms. The molecule has 2 aliphatic carbocycles. The fourth-order valence-corrected chi connectivity index (χ4v) is 2.55. The molecular formula is C11H18O. The van der Waals surface area contributed by atoms with Crippen molar-refractivity contribution in [2.45, 2.75) is 57.0 Å². The predicted octanol–water partition coefficient (Wildman–Crippen LogP) is 2.79. The standard InChI is InChI=1S/C11H18O/c12-11(8-4-1-5-9-11)10-6-2-3-7-10/h6,12H,1-5,7-9H2. The molecule has 0 aromatic heterocycles. The quantitative estimate of drug-likeness (QED) is 0.594. The van der Waals surface area contributed by atoms with E-state index in [0.717, 1.165) is 19.3 Å². The second-order valence-electron chi connectivity index (χ2n) is 4.21. The highest BCUT2D eigenvalue weighted by molar-refractivity contribution is 5.20. The molecule has 0 aromatic carbocycles. The van der Waals surface area contributed by atoms with Gasteiger partial charge in [-0.25, -0.2) is 0 Å². The van der Waals surface area contributed by atoms with Gasteiger partial charge in [-0.3, -0.25) is 0 Å². The zero-order valence-corrected chi connectivity index (χ0v) is 7.68. The highest BCUT2D eigenvalue weighted by Crippen LogP contribution is 2.38. The number of aliphatic hydroxyl groups is 1. The molecule has 1 N–H and O–H groups in total. The van der Waals surface area contributed by atoms with Gasteiger partial charge in [0, 0.05) is 0 Å². The van der Waals surface area contributed by atoms with Crippen LogP contribution in [0.5, 0.6) is 0 Å². The molecule has 1 fully saturated rings. The molecule has 1 nitrogen and oxygen atoms in total. The van der Waals surface area contributed by atoms with E-state index >= 15 is 0 Å². The van der Waals surface area contributed by atoms with Crippen LogP contribution < -0.4 is 0 Å². The van der Waals surface area contributed by atoms with Crippen LogP contribution >= 0.6 is 0 Å². The minimum absolute atomic E-state index is 0.380. The molecule has 1 saturated carbocycles. The number of rotatable bonds is 1. The normalized spacial score (nSPS) is 28.6. The van der Waals surface area contributed by atoms with E-state index in [4.69, 9.17) is 0 Å². The van der Waals surface area contributed by atoms with Crippen molar-refractivity contribution in [1.82, 2.24) is 0 Å². The zero-order chi connectivity index (χ0) is 8.44. The van der Waals surface area contributed by atoms with Crippen molar-refractivity contribution in [2.75, 3.05) is 0 Å². The SMILES string of the molecule is OC1(C2=CCCC2)CCCCC1. The number of hydrogen-bond donors (Lipinski definition) is 1. The topological polar surface area (TPSA) is 20.2 Å². The summed E-state index contributed by atoms with van der Waals surface area (Å²) >= 11 is 0. The van der Waals surface area contributed by atoms with Gasteiger partial charge in [0.25, 0.3) is 0 Å². The summed E-state index contributed by atoms with van der Waals surface area (Å²) in [6.07, 6.45) is 11.6. The van der Waals surface area contributed by atoms with Crippen LogP contribution in [0.1, 0.15) is 51.4 Å². The molecule has 0 aliphatic heterocycles. The Morgan fingerprint density at radius 2 is 1.83 bits per heavy atom. The molecule has 1 heteroatoms. The van der Waals surface area contributed by atoms with Gasteiger partial charge >= 0.3 is 0 Å². The third-order valence-electron chi connectivity index (χ3n) is 3.32. The Labute approximate surface area is 74.5 Å². The summed E-state index contributed by atoms with van der Waals surface area (Å²) in [5.74, 6) is 0. The Bertz CT molecular complexity index is 187. The Hall–Kier alpha value is -0.300. The van der Waals surface area contributed by atoms with Gasteiger partial charge in [-0.05, 0) is 37.7 Å². The van der Waals surface area contributed by atoms with Crippen molar-refractivity contribution in [2.24, 2.45) is 0 Å². The fourth-order valence-electron chi connectivity index (χ4n) is 2.55. The maximum Gasteiger partial charge on any atom is 0.0856 e. The fraction of sp³-hybridized carbons (Fsp3) is 0.818. The maximum atomic E-state index is 10.3. The molecular weight excluding hydrogens is 148 g/mol. The number of allylic oxidation sites excluding steroid dienone is 1. The van der Waals surface area contributed by atoms with Gasteiger partial charge in [0.1, 0.15) is 0 Å². The van der Waals surface area contributed by atoms with E-state index in [0.29, 0.717) is 0 Å². The molecule has 0 spiro atoms. The molecule has 2 rings (SSSR count). The first kappa shape index (κ1) is 8.31. The third kappa shape index (κ3) is 1.42. The van der Waals surface area contributed by atoms with Gasteiger partial charge in [-0.15, -0.1) is 0 Å². The Kier molecular flexibility index (Phi) is 2.22. The van der Waals surface area contributed by atoms with Gasteiger partial charge in [-0.2, -0.15) is 0 Å². The van der Waals surface area contributed by atoms with E-state index in [2.05, 4.69) is 6.08 Å². The molecule has 2 aliphatic rings. The first-order valence-electron chi connectivity index (χ1n) is 5.23. The van der Waals surface area contributed by atoms with Crippen LogP contribution in [0.25, 0.3) is 0 Å². The van der Waals surface area contributed by atoms with Gasteiger partial charge < -0.3 is 5.11 Å². The molecule has 0 atom stereocenters. The smallest absolute Gasteiger partial charge is 0.0856 e. The van der Waals surface area contributed by atoms with E-state index in [9.17, 15) is 5.11 Å². The van der Waals surface area contributed by atoms with E-state index < -0.39 is 0 Å². The summed E-state index contributed by atoms with van der Waals surface area (Å²) < 4.78 is 0. The Balaban J connectivity index is 2.07. The lowest BCUT2D eigenvalue weighted by Crippen LogP contribution is -2.32. The highest BCUT2D eigenvalue weighted by atomic mass is 16.3. The summed E-state index contributed by atoms with van der Waals surface area (Å²) in [4.78, 5) is 0. The lowest BCUT2D eigenvalue weighted by molar-refractivity contribution is 0.0375. The molecule has 0 saturated heterocycles. The molecule has 0 unspecified atom stereocenters. The van der Waals surface area contributed by atoms with E-state index in [1.165, 1.54) is 37.7 Å². The van der Waals surface area contributed by atoms with E-state index in [1.807, 2.05) is 0 Å². The Morgan fingerprint density at radius 3 is 2.42 bits per heavy atom. The van der Waals surface area contributed by atoms with Gasteiger partial charge in [-0.1, -0.05) is 25.3 Å². The van der Waals surface area contributed by atoms with Crippen LogP contribution in [0.2, 0.25) is 0 Å². The van der Waals surface area contributed by atoms with Crippen LogP contribution in [-0.4, -0.2) is 10.7 Å². The van der Waals surface area contributed by atoms with Crippen LogP contribution in [0.15, 0.2) is 11.6 Å². The average Bonchev–Trinajstić information content (AvgIpc) is 2.58. The predicted molar refractivity (Wildman–Crippen MR) is 50.0 cm³/mol. The molecule has 0 aromatic rings. The van der Waals surface area contributed by atoms with Crippen molar-refractivity contribution in [3.8, 4) is 0 Å². The molecule has 0 heterocycles. The second kappa shape index (κ2) is 3.21. The van der Waals surface area contributed by atoms with E-state index in [1.54, 1.807) is 0 Å². The summed E-state index contributed by atoms with van der Waals surface area (Å²) in [5.41, 5.74) is 0.969. The highest BCUT2D eigenvalue weighted by Gasteiger charge is 2.33. The van der Waals surface area contributed by atoms with Crippen LogP contribution in [0.4, 0.5) is 0 Å².